The molecule has 1 rings (SSSR count). The normalized spacial score (nSPS) is 25.2. The van der Waals surface area contributed by atoms with E-state index >= 15 is 0 Å². The average Bonchev–Trinajstić information content (AvgIpc) is 2.25. The van der Waals surface area contributed by atoms with Crippen molar-refractivity contribution in [2.45, 2.75) is 19.1 Å². The smallest absolute Gasteiger partial charge is 0.206 e. The van der Waals surface area contributed by atoms with Gasteiger partial charge in [0.25, 0.3) is 0 Å². The standard InChI is InChI=1S/C9H20N6O/c1-3-9(16-5-4-13-2)6(10)7(11)14-8(12)15-9/h13H,3-5,10-11H2,1-2H3,(H3,12,14,15). The monoisotopic (exact) mass is 228 g/mol. The van der Waals surface area contributed by atoms with Gasteiger partial charge in [0.1, 0.15) is 11.5 Å². The number of likely N-dealkylation sites (N-methyl/N-ethyl adjacent to an activating group) is 1. The number of rotatable bonds is 5. The topological polar surface area (TPSA) is 124 Å². The van der Waals surface area contributed by atoms with Gasteiger partial charge in [-0.2, -0.15) is 0 Å². The van der Waals surface area contributed by atoms with Gasteiger partial charge < -0.3 is 32.6 Å². The van der Waals surface area contributed by atoms with Crippen molar-refractivity contribution in [1.82, 2.24) is 10.6 Å². The highest BCUT2D eigenvalue weighted by molar-refractivity contribution is 5.81. The first-order chi connectivity index (χ1) is 7.55. The zero-order chi connectivity index (χ0) is 12.2. The fourth-order valence-electron chi connectivity index (χ4n) is 1.50. The number of nitrogens with zero attached hydrogens (tertiary/aromatic N) is 1. The molecule has 0 saturated heterocycles. The zero-order valence-corrected chi connectivity index (χ0v) is 9.71. The van der Waals surface area contributed by atoms with Crippen LogP contribution in [0.1, 0.15) is 13.3 Å². The molecule has 7 nitrogen and oxygen atoms in total. The highest BCUT2D eigenvalue weighted by Crippen LogP contribution is 2.26. The summed E-state index contributed by atoms with van der Waals surface area (Å²) < 4.78 is 5.68. The summed E-state index contributed by atoms with van der Waals surface area (Å²) in [5, 5.41) is 5.65. The summed E-state index contributed by atoms with van der Waals surface area (Å²) in [7, 11) is 1.84. The molecule has 92 valence electrons. The summed E-state index contributed by atoms with van der Waals surface area (Å²) in [5.41, 5.74) is 16.7. The van der Waals surface area contributed by atoms with Crippen LogP contribution in [0.15, 0.2) is 16.5 Å². The van der Waals surface area contributed by atoms with Gasteiger partial charge >= 0.3 is 0 Å². The lowest BCUT2D eigenvalue weighted by Gasteiger charge is -2.33. The van der Waals surface area contributed by atoms with E-state index in [1.165, 1.54) is 0 Å². The molecule has 8 N–H and O–H groups in total. The van der Waals surface area contributed by atoms with E-state index in [4.69, 9.17) is 21.9 Å². The Morgan fingerprint density at radius 3 is 2.69 bits per heavy atom. The van der Waals surface area contributed by atoms with Crippen LogP contribution in [-0.4, -0.2) is 31.9 Å². The molecule has 0 bridgehead atoms. The van der Waals surface area contributed by atoms with E-state index in [0.29, 0.717) is 31.1 Å². The number of aliphatic imine (C=N–C) groups is 1. The quantitative estimate of drug-likeness (QED) is 0.359. The van der Waals surface area contributed by atoms with Crippen LogP contribution in [-0.2, 0) is 4.74 Å². The predicted molar refractivity (Wildman–Crippen MR) is 63.1 cm³/mol. The molecule has 0 spiro atoms. The first-order valence-electron chi connectivity index (χ1n) is 5.22. The fraction of sp³-hybridized carbons (Fsp3) is 0.667. The molecule has 0 saturated carbocycles. The Labute approximate surface area is 95.1 Å². The van der Waals surface area contributed by atoms with Gasteiger partial charge in [0.05, 0.1) is 6.61 Å². The van der Waals surface area contributed by atoms with Crippen molar-refractivity contribution in [3.63, 3.8) is 0 Å². The van der Waals surface area contributed by atoms with Crippen molar-refractivity contribution in [2.24, 2.45) is 22.2 Å². The van der Waals surface area contributed by atoms with Crippen LogP contribution in [0.3, 0.4) is 0 Å². The maximum atomic E-state index is 5.90. The molecule has 1 atom stereocenters. The summed E-state index contributed by atoms with van der Waals surface area (Å²) in [6.07, 6.45) is 0.575. The Bertz CT molecular complexity index is 313. The third-order valence-electron chi connectivity index (χ3n) is 2.45. The number of guanidine groups is 1. The number of nitrogens with one attached hydrogen (secondary N) is 2. The summed E-state index contributed by atoms with van der Waals surface area (Å²) in [5.74, 6) is 0.525. The Kier molecular flexibility index (Phi) is 3.97. The fourth-order valence-corrected chi connectivity index (χ4v) is 1.50. The van der Waals surface area contributed by atoms with Gasteiger partial charge in [-0.3, -0.25) is 0 Å². The third kappa shape index (κ3) is 2.37. The van der Waals surface area contributed by atoms with E-state index in [1.54, 1.807) is 0 Å². The van der Waals surface area contributed by atoms with E-state index in [-0.39, 0.29) is 5.96 Å². The van der Waals surface area contributed by atoms with Crippen LogP contribution in [0.2, 0.25) is 0 Å². The van der Waals surface area contributed by atoms with Crippen molar-refractivity contribution in [2.75, 3.05) is 20.2 Å². The Morgan fingerprint density at radius 1 is 1.44 bits per heavy atom. The molecule has 0 aromatic heterocycles. The molecule has 1 unspecified atom stereocenters. The van der Waals surface area contributed by atoms with Gasteiger partial charge in [-0.1, -0.05) is 6.92 Å². The zero-order valence-electron chi connectivity index (χ0n) is 9.71. The molecule has 7 heteroatoms. The van der Waals surface area contributed by atoms with Gasteiger partial charge in [-0.05, 0) is 7.05 Å². The molecule has 0 fully saturated rings. The van der Waals surface area contributed by atoms with E-state index in [1.807, 2.05) is 14.0 Å². The summed E-state index contributed by atoms with van der Waals surface area (Å²) in [6, 6.07) is 0. The molecule has 0 amide bonds. The molecule has 1 aliphatic heterocycles. The lowest BCUT2D eigenvalue weighted by atomic mass is 10.1. The highest BCUT2D eigenvalue weighted by atomic mass is 16.5. The van der Waals surface area contributed by atoms with Crippen LogP contribution < -0.4 is 27.8 Å². The lowest BCUT2D eigenvalue weighted by Crippen LogP contribution is -2.50. The molecule has 0 radical (unpaired) electrons. The van der Waals surface area contributed by atoms with Crippen molar-refractivity contribution in [1.29, 1.82) is 0 Å². The first-order valence-corrected chi connectivity index (χ1v) is 5.22. The van der Waals surface area contributed by atoms with E-state index in [0.717, 1.165) is 0 Å². The predicted octanol–water partition coefficient (Wildman–Crippen LogP) is -1.67. The van der Waals surface area contributed by atoms with Gasteiger partial charge in [-0.15, -0.1) is 0 Å². The minimum atomic E-state index is -0.934. The number of hydrogen-bond acceptors (Lipinski definition) is 7. The Balaban J connectivity index is 2.86. The average molecular weight is 228 g/mol. The molecule has 1 heterocycles. The van der Waals surface area contributed by atoms with Crippen LogP contribution in [0.25, 0.3) is 0 Å². The minimum absolute atomic E-state index is 0.220. The molecule has 1 aliphatic rings. The molecule has 0 aromatic carbocycles. The van der Waals surface area contributed by atoms with E-state index in [9.17, 15) is 0 Å². The van der Waals surface area contributed by atoms with E-state index in [2.05, 4.69) is 15.6 Å². The second kappa shape index (κ2) is 5.04. The number of nitrogens with two attached hydrogens (primary N) is 3. The molecular weight excluding hydrogens is 208 g/mol. The molecular formula is C9H20N6O. The highest BCUT2D eigenvalue weighted by Gasteiger charge is 2.36. The maximum Gasteiger partial charge on any atom is 0.206 e. The van der Waals surface area contributed by atoms with Gasteiger partial charge in [0, 0.05) is 13.0 Å². The van der Waals surface area contributed by atoms with Crippen LogP contribution in [0.5, 0.6) is 0 Å². The lowest BCUT2D eigenvalue weighted by molar-refractivity contribution is -0.0149. The van der Waals surface area contributed by atoms with Crippen molar-refractivity contribution in [3.8, 4) is 0 Å². The van der Waals surface area contributed by atoms with Gasteiger partial charge in [0.15, 0.2) is 5.96 Å². The second-order valence-corrected chi connectivity index (χ2v) is 3.54. The number of ether oxygens (including phenoxy) is 1. The molecule has 16 heavy (non-hydrogen) atoms. The first kappa shape index (κ1) is 12.6. The molecule has 0 aliphatic carbocycles. The largest absolute Gasteiger partial charge is 0.395 e. The second-order valence-electron chi connectivity index (χ2n) is 3.54. The van der Waals surface area contributed by atoms with Crippen molar-refractivity contribution in [3.05, 3.63) is 11.5 Å². The summed E-state index contributed by atoms with van der Waals surface area (Å²) in [4.78, 5) is 4.21. The number of hydrogen-bond donors (Lipinski definition) is 5. The third-order valence-corrected chi connectivity index (χ3v) is 2.45. The van der Waals surface area contributed by atoms with Gasteiger partial charge in [-0.25, -0.2) is 4.99 Å². The maximum absolute atomic E-state index is 5.90. The van der Waals surface area contributed by atoms with Crippen LogP contribution in [0, 0.1) is 0 Å². The summed E-state index contributed by atoms with van der Waals surface area (Å²) >= 11 is 0. The molecule has 0 aromatic rings. The SMILES string of the molecule is CCC1(OCCNC)N=C(N)NC(N)=C1N. The van der Waals surface area contributed by atoms with Crippen LogP contribution in [0.4, 0.5) is 0 Å². The van der Waals surface area contributed by atoms with Crippen LogP contribution >= 0.6 is 0 Å². The summed E-state index contributed by atoms with van der Waals surface area (Å²) in [6.45, 7) is 3.11. The van der Waals surface area contributed by atoms with E-state index < -0.39 is 5.72 Å². The Hall–Kier alpha value is -1.47. The van der Waals surface area contributed by atoms with Crippen molar-refractivity contribution < 1.29 is 4.74 Å². The van der Waals surface area contributed by atoms with Gasteiger partial charge in [0.2, 0.25) is 5.72 Å². The van der Waals surface area contributed by atoms with Crippen molar-refractivity contribution >= 4 is 5.96 Å². The minimum Gasteiger partial charge on any atom is -0.395 e. The Morgan fingerprint density at radius 2 is 2.12 bits per heavy atom.